The van der Waals surface area contributed by atoms with Crippen LogP contribution in [0.4, 0.5) is 15.9 Å². The first-order chi connectivity index (χ1) is 8.19. The quantitative estimate of drug-likeness (QED) is 0.847. The summed E-state index contributed by atoms with van der Waals surface area (Å²) in [6.07, 6.45) is 0. The van der Waals surface area contributed by atoms with Crippen molar-refractivity contribution in [1.82, 2.24) is 4.98 Å². The normalized spacial score (nSPS) is 10.1. The van der Waals surface area contributed by atoms with E-state index in [-0.39, 0.29) is 5.75 Å². The van der Waals surface area contributed by atoms with Crippen molar-refractivity contribution < 1.29 is 9.13 Å². The fourth-order valence-corrected chi connectivity index (χ4v) is 1.53. The summed E-state index contributed by atoms with van der Waals surface area (Å²) in [7, 11) is 1.42. The van der Waals surface area contributed by atoms with E-state index in [4.69, 9.17) is 16.3 Å². The number of anilines is 2. The van der Waals surface area contributed by atoms with Crippen LogP contribution in [-0.2, 0) is 0 Å². The smallest absolute Gasteiger partial charge is 0.167 e. The number of nitrogens with one attached hydrogen (secondary N) is 1. The highest BCUT2D eigenvalue weighted by molar-refractivity contribution is 6.29. The van der Waals surface area contributed by atoms with E-state index in [0.717, 1.165) is 0 Å². The summed E-state index contributed by atoms with van der Waals surface area (Å²) in [5.74, 6) is 0.330. The van der Waals surface area contributed by atoms with Gasteiger partial charge < -0.3 is 10.1 Å². The van der Waals surface area contributed by atoms with Gasteiger partial charge in [-0.15, -0.1) is 0 Å². The molecule has 3 nitrogen and oxygen atoms in total. The van der Waals surface area contributed by atoms with Crippen LogP contribution in [0.2, 0.25) is 5.15 Å². The average molecular weight is 253 g/mol. The first-order valence-corrected chi connectivity index (χ1v) is 5.30. The molecule has 0 spiro atoms. The molecular formula is C12H10ClFN2O. The van der Waals surface area contributed by atoms with Crippen molar-refractivity contribution in [1.29, 1.82) is 0 Å². The number of hydrogen-bond acceptors (Lipinski definition) is 3. The molecular weight excluding hydrogens is 243 g/mol. The molecule has 1 N–H and O–H groups in total. The number of benzene rings is 1. The lowest BCUT2D eigenvalue weighted by atomic mass is 10.3. The molecule has 0 aliphatic heterocycles. The van der Waals surface area contributed by atoms with Gasteiger partial charge in [-0.1, -0.05) is 17.7 Å². The van der Waals surface area contributed by atoms with E-state index in [1.54, 1.807) is 30.3 Å². The molecule has 17 heavy (non-hydrogen) atoms. The molecule has 88 valence electrons. The van der Waals surface area contributed by atoms with Gasteiger partial charge in [0.2, 0.25) is 0 Å². The second-order valence-electron chi connectivity index (χ2n) is 3.32. The van der Waals surface area contributed by atoms with Gasteiger partial charge in [-0.25, -0.2) is 9.37 Å². The van der Waals surface area contributed by atoms with Crippen molar-refractivity contribution in [2.75, 3.05) is 12.4 Å². The SMILES string of the molecule is COc1ccc(Nc2cccc(Cl)n2)cc1F. The molecule has 0 aliphatic carbocycles. The summed E-state index contributed by atoms with van der Waals surface area (Å²) < 4.78 is 18.3. The minimum absolute atomic E-state index is 0.203. The second kappa shape index (κ2) is 5.01. The molecule has 0 saturated carbocycles. The van der Waals surface area contributed by atoms with Crippen molar-refractivity contribution in [3.63, 3.8) is 0 Å². The van der Waals surface area contributed by atoms with Gasteiger partial charge in [-0.3, -0.25) is 0 Å². The number of nitrogens with zero attached hydrogens (tertiary/aromatic N) is 1. The molecule has 0 amide bonds. The van der Waals surface area contributed by atoms with E-state index < -0.39 is 5.82 Å². The van der Waals surface area contributed by atoms with Gasteiger partial charge in [0.1, 0.15) is 11.0 Å². The maximum Gasteiger partial charge on any atom is 0.167 e. The third kappa shape index (κ3) is 2.85. The molecule has 0 radical (unpaired) electrons. The van der Waals surface area contributed by atoms with Crippen LogP contribution >= 0.6 is 11.6 Å². The van der Waals surface area contributed by atoms with Crippen molar-refractivity contribution in [2.45, 2.75) is 0 Å². The molecule has 0 atom stereocenters. The Labute approximate surface area is 103 Å². The Kier molecular flexibility index (Phi) is 3.44. The minimum atomic E-state index is -0.431. The summed E-state index contributed by atoms with van der Waals surface area (Å²) >= 11 is 5.74. The zero-order valence-electron chi connectivity index (χ0n) is 9.08. The van der Waals surface area contributed by atoms with Crippen molar-refractivity contribution in [3.8, 4) is 5.75 Å². The summed E-state index contributed by atoms with van der Waals surface area (Å²) in [5, 5.41) is 3.32. The molecule has 0 bridgehead atoms. The Morgan fingerprint density at radius 2 is 2.12 bits per heavy atom. The molecule has 1 aromatic carbocycles. The third-order valence-corrected chi connectivity index (χ3v) is 2.35. The lowest BCUT2D eigenvalue weighted by Crippen LogP contribution is -1.95. The average Bonchev–Trinajstić information content (AvgIpc) is 2.29. The first-order valence-electron chi connectivity index (χ1n) is 4.92. The number of methoxy groups -OCH3 is 1. The highest BCUT2D eigenvalue weighted by Crippen LogP contribution is 2.23. The van der Waals surface area contributed by atoms with E-state index in [2.05, 4.69) is 10.3 Å². The Balaban J connectivity index is 2.22. The highest BCUT2D eigenvalue weighted by Gasteiger charge is 2.04. The molecule has 0 saturated heterocycles. The standard InChI is InChI=1S/C12H10ClFN2O/c1-17-10-6-5-8(7-9(10)14)15-12-4-2-3-11(13)16-12/h2-7H,1H3,(H,15,16). The summed E-state index contributed by atoms with van der Waals surface area (Å²) in [6.45, 7) is 0. The largest absolute Gasteiger partial charge is 0.494 e. The Bertz CT molecular complexity index is 534. The maximum absolute atomic E-state index is 13.4. The molecule has 0 fully saturated rings. The molecule has 2 aromatic rings. The van der Waals surface area contributed by atoms with Crippen molar-refractivity contribution in [3.05, 3.63) is 47.4 Å². The fraction of sp³-hybridized carbons (Fsp3) is 0.0833. The number of pyridine rings is 1. The van der Waals surface area contributed by atoms with Crippen LogP contribution in [0.5, 0.6) is 5.75 Å². The second-order valence-corrected chi connectivity index (χ2v) is 3.71. The molecule has 5 heteroatoms. The van der Waals surface area contributed by atoms with Crippen LogP contribution < -0.4 is 10.1 Å². The summed E-state index contributed by atoms with van der Waals surface area (Å²) in [6, 6.07) is 9.75. The number of ether oxygens (including phenoxy) is 1. The fourth-order valence-electron chi connectivity index (χ4n) is 1.37. The Hall–Kier alpha value is -1.81. The van der Waals surface area contributed by atoms with Gasteiger partial charge in [0, 0.05) is 11.8 Å². The zero-order valence-corrected chi connectivity index (χ0v) is 9.83. The number of halogens is 2. The van der Waals surface area contributed by atoms with Crippen LogP contribution in [-0.4, -0.2) is 12.1 Å². The van der Waals surface area contributed by atoms with Crippen molar-refractivity contribution >= 4 is 23.1 Å². The van der Waals surface area contributed by atoms with Gasteiger partial charge >= 0.3 is 0 Å². The Morgan fingerprint density at radius 3 is 2.76 bits per heavy atom. The molecule has 1 aromatic heterocycles. The summed E-state index contributed by atoms with van der Waals surface area (Å²) in [4.78, 5) is 4.04. The van der Waals surface area contributed by atoms with Crippen LogP contribution in [0.3, 0.4) is 0 Å². The summed E-state index contributed by atoms with van der Waals surface area (Å²) in [5.41, 5.74) is 0.582. The van der Waals surface area contributed by atoms with E-state index in [0.29, 0.717) is 16.7 Å². The van der Waals surface area contributed by atoms with Gasteiger partial charge in [-0.05, 0) is 24.3 Å². The molecule has 1 heterocycles. The number of hydrogen-bond donors (Lipinski definition) is 1. The van der Waals surface area contributed by atoms with Crippen LogP contribution in [0.15, 0.2) is 36.4 Å². The highest BCUT2D eigenvalue weighted by atomic mass is 35.5. The van der Waals surface area contributed by atoms with Gasteiger partial charge in [0.25, 0.3) is 0 Å². The van der Waals surface area contributed by atoms with Crippen molar-refractivity contribution in [2.24, 2.45) is 0 Å². The van der Waals surface area contributed by atoms with Gasteiger partial charge in [0.05, 0.1) is 7.11 Å². The van der Waals surface area contributed by atoms with Gasteiger partial charge in [-0.2, -0.15) is 0 Å². The van der Waals surface area contributed by atoms with Crippen LogP contribution in [0.1, 0.15) is 0 Å². The third-order valence-electron chi connectivity index (χ3n) is 2.14. The molecule has 0 unspecified atom stereocenters. The van der Waals surface area contributed by atoms with E-state index in [9.17, 15) is 4.39 Å². The topological polar surface area (TPSA) is 34.1 Å². The van der Waals surface area contributed by atoms with Crippen LogP contribution in [0, 0.1) is 5.82 Å². The maximum atomic E-state index is 13.4. The monoisotopic (exact) mass is 252 g/mol. The van der Waals surface area contributed by atoms with E-state index in [1.807, 2.05) is 0 Å². The predicted molar refractivity (Wildman–Crippen MR) is 65.5 cm³/mol. The van der Waals surface area contributed by atoms with E-state index >= 15 is 0 Å². The number of aromatic nitrogens is 1. The minimum Gasteiger partial charge on any atom is -0.494 e. The molecule has 2 rings (SSSR count). The Morgan fingerprint density at radius 1 is 1.29 bits per heavy atom. The number of rotatable bonds is 3. The zero-order chi connectivity index (χ0) is 12.3. The lowest BCUT2D eigenvalue weighted by Gasteiger charge is -2.07. The first kappa shape index (κ1) is 11.7. The van der Waals surface area contributed by atoms with E-state index in [1.165, 1.54) is 13.2 Å². The lowest BCUT2D eigenvalue weighted by molar-refractivity contribution is 0.386. The van der Waals surface area contributed by atoms with Crippen LogP contribution in [0.25, 0.3) is 0 Å². The molecule has 0 aliphatic rings. The predicted octanol–water partition coefficient (Wildman–Crippen LogP) is 3.63. The van der Waals surface area contributed by atoms with Gasteiger partial charge in [0.15, 0.2) is 11.6 Å².